The number of fused-ring (bicyclic) bond motifs is 1. The molecule has 0 aliphatic rings. The van der Waals surface area contributed by atoms with Crippen LogP contribution >= 0.6 is 22.9 Å². The molecule has 0 atom stereocenters. The Kier molecular flexibility index (Phi) is 5.73. The molecule has 3 aromatic rings. The lowest BCUT2D eigenvalue weighted by Crippen LogP contribution is -2.15. The van der Waals surface area contributed by atoms with E-state index in [-0.39, 0.29) is 18.9 Å². The van der Waals surface area contributed by atoms with E-state index in [0.29, 0.717) is 22.5 Å². The lowest BCUT2D eigenvalue weighted by Gasteiger charge is -2.07. The largest absolute Gasteiger partial charge is 0.494 e. The van der Waals surface area contributed by atoms with E-state index in [1.807, 2.05) is 37.3 Å². The maximum Gasteiger partial charge on any atom is 0.229 e. The lowest BCUT2D eigenvalue weighted by atomic mass is 10.3. The highest BCUT2D eigenvalue weighted by atomic mass is 35.5. The zero-order valence-electron chi connectivity index (χ0n) is 13.6. The summed E-state index contributed by atoms with van der Waals surface area (Å²) in [7, 11) is 0. The third-order valence-electron chi connectivity index (χ3n) is 3.34. The number of carbonyl (C=O) groups is 1. The smallest absolute Gasteiger partial charge is 0.229 e. The molecule has 3 rings (SSSR count). The number of hydrogen-bond acceptors (Lipinski definition) is 5. The molecule has 2 aromatic carbocycles. The van der Waals surface area contributed by atoms with Gasteiger partial charge in [0.25, 0.3) is 0 Å². The molecule has 1 aromatic heterocycles. The number of rotatable bonds is 7. The monoisotopic (exact) mass is 376 g/mol. The van der Waals surface area contributed by atoms with Crippen molar-refractivity contribution in [2.75, 3.05) is 18.5 Å². The van der Waals surface area contributed by atoms with Gasteiger partial charge in [-0.05, 0) is 37.3 Å². The maximum atomic E-state index is 12.1. The van der Waals surface area contributed by atoms with E-state index in [1.54, 1.807) is 12.1 Å². The van der Waals surface area contributed by atoms with Crippen molar-refractivity contribution in [3.8, 4) is 11.5 Å². The van der Waals surface area contributed by atoms with Gasteiger partial charge in [-0.3, -0.25) is 4.79 Å². The topological polar surface area (TPSA) is 60.5 Å². The number of nitrogens with one attached hydrogen (secondary N) is 1. The Bertz CT molecular complexity index is 882. The van der Waals surface area contributed by atoms with Crippen molar-refractivity contribution in [3.05, 3.63) is 47.5 Å². The lowest BCUT2D eigenvalue weighted by molar-refractivity contribution is -0.116. The van der Waals surface area contributed by atoms with Crippen molar-refractivity contribution in [3.63, 3.8) is 0 Å². The quantitative estimate of drug-likeness (QED) is 0.646. The molecule has 0 spiro atoms. The van der Waals surface area contributed by atoms with Gasteiger partial charge in [0.05, 0.1) is 34.9 Å². The number of aromatic nitrogens is 1. The molecule has 0 bridgehead atoms. The van der Waals surface area contributed by atoms with E-state index in [4.69, 9.17) is 21.1 Å². The zero-order valence-corrected chi connectivity index (χ0v) is 15.2. The van der Waals surface area contributed by atoms with Crippen molar-refractivity contribution < 1.29 is 14.3 Å². The number of thiazole rings is 1. The summed E-state index contributed by atoms with van der Waals surface area (Å²) in [5, 5.41) is 3.89. The highest BCUT2D eigenvalue weighted by Gasteiger charge is 2.09. The predicted molar refractivity (Wildman–Crippen MR) is 101 cm³/mol. The Balaban J connectivity index is 1.55. The molecule has 5 nitrogen and oxygen atoms in total. The summed E-state index contributed by atoms with van der Waals surface area (Å²) >= 11 is 7.42. The van der Waals surface area contributed by atoms with Gasteiger partial charge in [-0.1, -0.05) is 35.1 Å². The first kappa shape index (κ1) is 17.5. The molecule has 130 valence electrons. The molecule has 7 heteroatoms. The van der Waals surface area contributed by atoms with Crippen LogP contribution in [-0.4, -0.2) is 24.1 Å². The number of carbonyl (C=O) groups excluding carboxylic acids is 1. The molecule has 25 heavy (non-hydrogen) atoms. The molecule has 0 fully saturated rings. The van der Waals surface area contributed by atoms with E-state index in [9.17, 15) is 4.79 Å². The first-order valence-corrected chi connectivity index (χ1v) is 9.05. The Morgan fingerprint density at radius 1 is 1.24 bits per heavy atom. The summed E-state index contributed by atoms with van der Waals surface area (Å²) in [4.78, 5) is 16.5. The van der Waals surface area contributed by atoms with Crippen LogP contribution in [0.2, 0.25) is 5.02 Å². The minimum absolute atomic E-state index is 0.156. The van der Waals surface area contributed by atoms with Gasteiger partial charge < -0.3 is 14.8 Å². The predicted octanol–water partition coefficient (Wildman–Crippen LogP) is 4.76. The number of amides is 1. The van der Waals surface area contributed by atoms with Gasteiger partial charge in [-0.2, -0.15) is 0 Å². The van der Waals surface area contributed by atoms with Crippen LogP contribution < -0.4 is 14.8 Å². The minimum Gasteiger partial charge on any atom is -0.494 e. The van der Waals surface area contributed by atoms with Gasteiger partial charge in [-0.15, -0.1) is 0 Å². The van der Waals surface area contributed by atoms with Crippen LogP contribution in [0.5, 0.6) is 11.5 Å². The van der Waals surface area contributed by atoms with Gasteiger partial charge in [0.15, 0.2) is 5.13 Å². The van der Waals surface area contributed by atoms with Crippen LogP contribution in [0.25, 0.3) is 10.2 Å². The molecule has 1 amide bonds. The van der Waals surface area contributed by atoms with Gasteiger partial charge in [0, 0.05) is 0 Å². The second-order valence-electron chi connectivity index (χ2n) is 5.16. The van der Waals surface area contributed by atoms with Crippen LogP contribution in [0.1, 0.15) is 13.3 Å². The minimum atomic E-state index is -0.156. The molecule has 1 heterocycles. The van der Waals surface area contributed by atoms with Gasteiger partial charge in [-0.25, -0.2) is 4.98 Å². The van der Waals surface area contributed by atoms with Crippen molar-refractivity contribution >= 4 is 44.2 Å². The summed E-state index contributed by atoms with van der Waals surface area (Å²) in [6.07, 6.45) is 0.214. The molecule has 0 saturated heterocycles. The fraction of sp³-hybridized carbons (Fsp3) is 0.222. The van der Waals surface area contributed by atoms with Crippen LogP contribution in [0.4, 0.5) is 5.13 Å². The third-order valence-corrected chi connectivity index (χ3v) is 4.59. The van der Waals surface area contributed by atoms with E-state index in [2.05, 4.69) is 10.3 Å². The second-order valence-corrected chi connectivity index (χ2v) is 6.60. The Hall–Kier alpha value is -2.31. The molecular weight excluding hydrogens is 360 g/mol. The van der Waals surface area contributed by atoms with Crippen molar-refractivity contribution in [2.45, 2.75) is 13.3 Å². The average Bonchev–Trinajstić information content (AvgIpc) is 2.98. The van der Waals surface area contributed by atoms with E-state index in [0.717, 1.165) is 16.0 Å². The first-order chi connectivity index (χ1) is 12.2. The van der Waals surface area contributed by atoms with E-state index in [1.165, 1.54) is 11.3 Å². The van der Waals surface area contributed by atoms with Crippen LogP contribution in [0, 0.1) is 0 Å². The molecule has 0 saturated carbocycles. The second kappa shape index (κ2) is 8.18. The highest BCUT2D eigenvalue weighted by molar-refractivity contribution is 7.22. The van der Waals surface area contributed by atoms with Crippen molar-refractivity contribution in [2.24, 2.45) is 0 Å². The average molecular weight is 377 g/mol. The fourth-order valence-electron chi connectivity index (χ4n) is 2.21. The fourth-order valence-corrected chi connectivity index (χ4v) is 3.31. The van der Waals surface area contributed by atoms with Gasteiger partial charge in [0.1, 0.15) is 11.5 Å². The molecule has 1 N–H and O–H groups in total. The molecule has 0 radical (unpaired) electrons. The zero-order chi connectivity index (χ0) is 17.6. The maximum absolute atomic E-state index is 12.1. The number of ether oxygens (including phenoxy) is 2. The number of anilines is 1. The Morgan fingerprint density at radius 2 is 2.08 bits per heavy atom. The number of hydrogen-bond donors (Lipinski definition) is 1. The summed E-state index contributed by atoms with van der Waals surface area (Å²) in [5.41, 5.74) is 0.830. The number of halogens is 1. The SMILES string of the molecule is CCOc1ccc2nc(NC(=O)CCOc3ccccc3Cl)sc2c1. The molecule has 0 aliphatic carbocycles. The number of nitrogens with zero attached hydrogens (tertiary/aromatic N) is 1. The number of benzene rings is 2. The van der Waals surface area contributed by atoms with Crippen molar-refractivity contribution in [1.29, 1.82) is 0 Å². The summed E-state index contributed by atoms with van der Waals surface area (Å²) < 4.78 is 12.0. The van der Waals surface area contributed by atoms with Gasteiger partial charge >= 0.3 is 0 Å². The normalized spacial score (nSPS) is 10.6. The summed E-state index contributed by atoms with van der Waals surface area (Å²) in [6, 6.07) is 12.8. The standard InChI is InChI=1S/C18H17ClN2O3S/c1-2-23-12-7-8-14-16(11-12)25-18(20-14)21-17(22)9-10-24-15-6-4-3-5-13(15)19/h3-8,11H,2,9-10H2,1H3,(H,20,21,22). The molecule has 0 aliphatic heterocycles. The molecular formula is C18H17ClN2O3S. The first-order valence-electron chi connectivity index (χ1n) is 7.86. The third kappa shape index (κ3) is 4.61. The number of para-hydroxylation sites is 1. The van der Waals surface area contributed by atoms with Crippen LogP contribution in [0.15, 0.2) is 42.5 Å². The van der Waals surface area contributed by atoms with Gasteiger partial charge in [0.2, 0.25) is 5.91 Å². The van der Waals surface area contributed by atoms with Crippen LogP contribution in [-0.2, 0) is 4.79 Å². The van der Waals surface area contributed by atoms with E-state index >= 15 is 0 Å². The van der Waals surface area contributed by atoms with E-state index < -0.39 is 0 Å². The Morgan fingerprint density at radius 3 is 2.88 bits per heavy atom. The summed E-state index contributed by atoms with van der Waals surface area (Å²) in [5.74, 6) is 1.21. The van der Waals surface area contributed by atoms with Crippen LogP contribution in [0.3, 0.4) is 0 Å². The Labute approximate surface area is 154 Å². The highest BCUT2D eigenvalue weighted by Crippen LogP contribution is 2.29. The van der Waals surface area contributed by atoms with Crippen molar-refractivity contribution in [1.82, 2.24) is 4.98 Å². The molecule has 0 unspecified atom stereocenters. The summed E-state index contributed by atoms with van der Waals surface area (Å²) in [6.45, 7) is 2.79.